The zero-order chi connectivity index (χ0) is 27.2. The third kappa shape index (κ3) is 5.22. The molecule has 1 aromatic heterocycles. The molecule has 9 nitrogen and oxygen atoms in total. The molecule has 204 valence electrons. The van der Waals surface area contributed by atoms with Crippen molar-refractivity contribution in [3.05, 3.63) is 46.3 Å². The molecule has 1 aliphatic heterocycles. The Morgan fingerprint density at radius 3 is 2.47 bits per heavy atom. The minimum Gasteiger partial charge on any atom is -0.382 e. The van der Waals surface area contributed by atoms with Gasteiger partial charge in [0.1, 0.15) is 0 Å². The number of nitrogens with one attached hydrogen (secondary N) is 2. The van der Waals surface area contributed by atoms with Gasteiger partial charge in [-0.2, -0.15) is 0 Å². The van der Waals surface area contributed by atoms with Gasteiger partial charge in [-0.05, 0) is 69.8 Å². The smallest absolute Gasteiger partial charge is 0.250 e. The zero-order valence-corrected chi connectivity index (χ0v) is 22.9. The van der Waals surface area contributed by atoms with Crippen molar-refractivity contribution in [1.29, 1.82) is 0 Å². The maximum atomic E-state index is 13.2. The Labute approximate surface area is 224 Å². The van der Waals surface area contributed by atoms with Crippen molar-refractivity contribution >= 4 is 23.3 Å². The molecule has 2 aliphatic carbocycles. The summed E-state index contributed by atoms with van der Waals surface area (Å²) < 4.78 is 7.93. The molecule has 9 heteroatoms. The Bertz CT molecular complexity index is 1270. The van der Waals surface area contributed by atoms with Crippen LogP contribution in [0.4, 0.5) is 5.69 Å². The summed E-state index contributed by atoms with van der Waals surface area (Å²) in [6.07, 6.45) is 4.82. The van der Waals surface area contributed by atoms with Crippen molar-refractivity contribution in [2.75, 3.05) is 26.0 Å². The van der Waals surface area contributed by atoms with E-state index in [9.17, 15) is 14.4 Å². The lowest BCUT2D eigenvalue weighted by atomic mass is 9.75. The molecule has 1 fully saturated rings. The number of amides is 2. The number of anilines is 1. The van der Waals surface area contributed by atoms with Gasteiger partial charge in [0.15, 0.2) is 5.78 Å². The highest BCUT2D eigenvalue weighted by Crippen LogP contribution is 2.42. The van der Waals surface area contributed by atoms with Crippen LogP contribution in [0, 0.1) is 5.41 Å². The quantitative estimate of drug-likeness (QED) is 0.515. The zero-order valence-electron chi connectivity index (χ0n) is 22.9. The van der Waals surface area contributed by atoms with E-state index in [1.807, 2.05) is 31.1 Å². The van der Waals surface area contributed by atoms with E-state index in [0.29, 0.717) is 37.4 Å². The lowest BCUT2D eigenvalue weighted by molar-refractivity contribution is -0.122. The molecule has 1 aromatic carbocycles. The predicted octanol–water partition coefficient (Wildman–Crippen LogP) is 3.16. The van der Waals surface area contributed by atoms with Crippen LogP contribution in [0.25, 0.3) is 5.69 Å². The number of nitrogens with two attached hydrogens (primary N) is 1. The Morgan fingerprint density at radius 1 is 1.08 bits per heavy atom. The number of carbonyl (C=O) groups excluding carboxylic acids is 3. The molecule has 0 radical (unpaired) electrons. The second kappa shape index (κ2) is 10.2. The number of hydrogen-bond donors (Lipinski definition) is 3. The Hall–Kier alpha value is -3.17. The van der Waals surface area contributed by atoms with Crippen LogP contribution < -0.4 is 16.4 Å². The SMILES string of the molecule is CN(C)CC(=O)NC1CCC(Nc2cc(-n3c4c(c5c3CC(C)(C)CC5=O)COC4)ccc2C(N)=O)CC1. The fourth-order valence-electron chi connectivity index (χ4n) is 6.30. The van der Waals surface area contributed by atoms with E-state index in [0.717, 1.165) is 60.3 Å². The first-order chi connectivity index (χ1) is 18.0. The molecule has 0 atom stereocenters. The summed E-state index contributed by atoms with van der Waals surface area (Å²) in [5, 5.41) is 6.71. The molecule has 0 bridgehead atoms. The number of primary amides is 1. The third-order valence-electron chi connectivity index (χ3n) is 7.97. The number of aromatic nitrogens is 1. The lowest BCUT2D eigenvalue weighted by Gasteiger charge is -2.31. The molecule has 5 rings (SSSR count). The van der Waals surface area contributed by atoms with E-state index in [1.165, 1.54) is 0 Å². The first-order valence-electron chi connectivity index (χ1n) is 13.5. The monoisotopic (exact) mass is 521 g/mol. The van der Waals surface area contributed by atoms with Crippen LogP contribution in [0.2, 0.25) is 0 Å². The second-order valence-electron chi connectivity index (χ2n) is 12.1. The molecule has 2 amide bonds. The van der Waals surface area contributed by atoms with E-state index in [2.05, 4.69) is 29.0 Å². The van der Waals surface area contributed by atoms with Crippen molar-refractivity contribution in [3.8, 4) is 5.69 Å². The van der Waals surface area contributed by atoms with E-state index in [-0.39, 0.29) is 29.2 Å². The molecule has 3 aliphatic rings. The van der Waals surface area contributed by atoms with E-state index in [4.69, 9.17) is 10.5 Å². The molecule has 2 aromatic rings. The van der Waals surface area contributed by atoms with Crippen LogP contribution in [0.1, 0.15) is 83.6 Å². The summed E-state index contributed by atoms with van der Waals surface area (Å²) in [6, 6.07) is 6.00. The molecule has 2 heterocycles. The van der Waals surface area contributed by atoms with E-state index >= 15 is 0 Å². The predicted molar refractivity (Wildman–Crippen MR) is 146 cm³/mol. The average Bonchev–Trinajstić information content (AvgIpc) is 3.39. The highest BCUT2D eigenvalue weighted by Gasteiger charge is 2.39. The Kier molecular flexibility index (Phi) is 7.09. The van der Waals surface area contributed by atoms with E-state index < -0.39 is 5.91 Å². The fourth-order valence-corrected chi connectivity index (χ4v) is 6.30. The number of ether oxygens (including phenoxy) is 1. The third-order valence-corrected chi connectivity index (χ3v) is 7.97. The topological polar surface area (TPSA) is 119 Å². The van der Waals surface area contributed by atoms with E-state index in [1.54, 1.807) is 6.07 Å². The summed E-state index contributed by atoms with van der Waals surface area (Å²) in [5.74, 6) is -0.260. The molecular weight excluding hydrogens is 482 g/mol. The Morgan fingerprint density at radius 2 is 1.79 bits per heavy atom. The van der Waals surface area contributed by atoms with Crippen LogP contribution in [0.15, 0.2) is 18.2 Å². The van der Waals surface area contributed by atoms with Gasteiger partial charge in [0.2, 0.25) is 5.91 Å². The molecule has 4 N–H and O–H groups in total. The standard InChI is InChI=1S/C29H39N5O4/c1-29(2)12-23-27(25(35)13-29)21-15-38-16-24(21)34(23)19-9-10-20(28(30)37)22(11-19)31-17-5-7-18(8-6-17)32-26(36)14-33(3)4/h9-11,17-18,31H,5-8,12-16H2,1-4H3,(H2,30,37)(H,32,36). The minimum atomic E-state index is -0.483. The number of likely N-dealkylation sites (N-methyl/N-ethyl adjacent to an activating group) is 1. The number of ketones is 1. The van der Waals surface area contributed by atoms with Gasteiger partial charge in [-0.25, -0.2) is 0 Å². The van der Waals surface area contributed by atoms with Gasteiger partial charge in [-0.15, -0.1) is 0 Å². The lowest BCUT2D eigenvalue weighted by Crippen LogP contribution is -2.43. The number of fused-ring (bicyclic) bond motifs is 3. The van der Waals surface area contributed by atoms with Crippen LogP contribution in [0.5, 0.6) is 0 Å². The Balaban J connectivity index is 1.40. The minimum absolute atomic E-state index is 0.0448. The molecule has 0 unspecified atom stereocenters. The fraction of sp³-hybridized carbons (Fsp3) is 0.552. The first kappa shape index (κ1) is 26.4. The summed E-state index contributed by atoms with van der Waals surface area (Å²) >= 11 is 0. The van der Waals surface area contributed by atoms with Gasteiger partial charge in [0.05, 0.1) is 31.0 Å². The molecular formula is C29H39N5O4. The van der Waals surface area contributed by atoms with Crippen molar-refractivity contribution in [2.45, 2.75) is 77.7 Å². The summed E-state index contributed by atoms with van der Waals surface area (Å²) in [7, 11) is 3.77. The van der Waals surface area contributed by atoms with Crippen molar-refractivity contribution in [1.82, 2.24) is 14.8 Å². The van der Waals surface area contributed by atoms with Crippen molar-refractivity contribution in [2.24, 2.45) is 11.1 Å². The van der Waals surface area contributed by atoms with Gasteiger partial charge in [0.25, 0.3) is 5.91 Å². The first-order valence-corrected chi connectivity index (χ1v) is 13.5. The van der Waals surface area contributed by atoms with Gasteiger partial charge >= 0.3 is 0 Å². The number of benzene rings is 1. The number of rotatable bonds is 7. The van der Waals surface area contributed by atoms with Gasteiger partial charge in [-0.1, -0.05) is 13.8 Å². The van der Waals surface area contributed by atoms with Gasteiger partial charge in [-0.3, -0.25) is 14.4 Å². The summed E-state index contributed by atoms with van der Waals surface area (Å²) in [6.45, 7) is 5.56. The van der Waals surface area contributed by atoms with Gasteiger partial charge in [0, 0.05) is 46.7 Å². The maximum Gasteiger partial charge on any atom is 0.250 e. The molecule has 1 saturated carbocycles. The normalized spacial score (nSPS) is 22.2. The highest BCUT2D eigenvalue weighted by atomic mass is 16.5. The number of nitrogens with zero attached hydrogens (tertiary/aromatic N) is 2. The summed E-state index contributed by atoms with van der Waals surface area (Å²) in [5.41, 5.74) is 11.6. The second-order valence-corrected chi connectivity index (χ2v) is 12.1. The number of carbonyl (C=O) groups is 3. The highest BCUT2D eigenvalue weighted by molar-refractivity contribution is 6.01. The van der Waals surface area contributed by atoms with Crippen molar-refractivity contribution in [3.63, 3.8) is 0 Å². The van der Waals surface area contributed by atoms with Crippen LogP contribution >= 0.6 is 0 Å². The molecule has 0 saturated heterocycles. The number of hydrogen-bond acceptors (Lipinski definition) is 6. The maximum absolute atomic E-state index is 13.2. The summed E-state index contributed by atoms with van der Waals surface area (Å²) in [4.78, 5) is 39.5. The molecule has 38 heavy (non-hydrogen) atoms. The van der Waals surface area contributed by atoms with Gasteiger partial charge < -0.3 is 30.6 Å². The van der Waals surface area contributed by atoms with Crippen LogP contribution in [-0.2, 0) is 29.2 Å². The van der Waals surface area contributed by atoms with Crippen molar-refractivity contribution < 1.29 is 19.1 Å². The largest absolute Gasteiger partial charge is 0.382 e. The average molecular weight is 522 g/mol. The van der Waals surface area contributed by atoms with Crippen LogP contribution in [0.3, 0.4) is 0 Å². The number of Topliss-reactive ketones (excluding diaryl/α,β-unsaturated/α-hetero) is 1. The van der Waals surface area contributed by atoms with Crippen LogP contribution in [-0.4, -0.2) is 59.8 Å². The molecule has 0 spiro atoms.